The molecule has 31 heavy (non-hydrogen) atoms. The Labute approximate surface area is 200 Å². The minimum absolute atomic E-state index is 0. The van der Waals surface area contributed by atoms with E-state index >= 15 is 0 Å². The number of ether oxygens (including phenoxy) is 2. The fourth-order valence-electron chi connectivity index (χ4n) is 3.47. The Morgan fingerprint density at radius 3 is 2.77 bits per heavy atom. The molecule has 168 valence electrons. The molecule has 2 aromatic carbocycles. The number of guanidine groups is 1. The van der Waals surface area contributed by atoms with Crippen molar-refractivity contribution in [1.82, 2.24) is 10.6 Å². The van der Waals surface area contributed by atoms with Crippen molar-refractivity contribution in [2.45, 2.75) is 45.4 Å². The normalized spacial score (nSPS) is 16.9. The lowest BCUT2D eigenvalue weighted by atomic mass is 9.90. The van der Waals surface area contributed by atoms with Crippen molar-refractivity contribution >= 4 is 35.8 Å². The van der Waals surface area contributed by atoms with Crippen LogP contribution >= 0.6 is 24.0 Å². The number of nitrogens with zero attached hydrogens (tertiary/aromatic N) is 1. The highest BCUT2D eigenvalue weighted by Crippen LogP contribution is 2.39. The third kappa shape index (κ3) is 7.30. The molecule has 4 N–H and O–H groups in total. The van der Waals surface area contributed by atoms with Crippen LogP contribution in [0.1, 0.15) is 44.4 Å². The number of amides is 1. The second-order valence-corrected chi connectivity index (χ2v) is 7.90. The summed E-state index contributed by atoms with van der Waals surface area (Å²) in [5, 5.41) is 6.88. The van der Waals surface area contributed by atoms with E-state index in [-0.39, 0.29) is 42.2 Å². The Balaban J connectivity index is 0.00000341. The van der Waals surface area contributed by atoms with Crippen molar-refractivity contribution in [3.63, 3.8) is 0 Å². The number of rotatable bonds is 7. The second kappa shape index (κ2) is 11.2. The molecule has 1 aliphatic heterocycles. The Bertz CT molecular complexity index is 917. The minimum Gasteiger partial charge on any atom is -0.487 e. The first kappa shape index (κ1) is 24.8. The molecule has 0 aromatic heterocycles. The lowest BCUT2D eigenvalue weighted by Crippen LogP contribution is -2.45. The zero-order valence-electron chi connectivity index (χ0n) is 18.2. The number of primary amides is 1. The number of hydrogen-bond acceptors (Lipinski definition) is 4. The number of halogens is 1. The van der Waals surface area contributed by atoms with Crippen molar-refractivity contribution in [3.05, 3.63) is 59.7 Å². The summed E-state index contributed by atoms with van der Waals surface area (Å²) >= 11 is 0. The standard InChI is InChI=1S/C23H30N4O3.HI/c1-4-25-22(26-14-16-8-7-9-17(12-16)29-15-21(24)28)27-19-13-23(2,3)30-20-11-6-5-10-18(19)20;/h5-12,19H,4,13-15H2,1-3H3,(H2,24,28)(H2,25,26,27);1H. The lowest BCUT2D eigenvalue weighted by molar-refractivity contribution is -0.119. The van der Waals surface area contributed by atoms with Gasteiger partial charge in [-0.15, -0.1) is 24.0 Å². The van der Waals surface area contributed by atoms with Gasteiger partial charge in [-0.25, -0.2) is 4.99 Å². The fourth-order valence-corrected chi connectivity index (χ4v) is 3.47. The Kier molecular flexibility index (Phi) is 8.97. The molecule has 0 bridgehead atoms. The topological polar surface area (TPSA) is 98.0 Å². The van der Waals surface area contributed by atoms with Crippen LogP contribution in [0.5, 0.6) is 11.5 Å². The molecule has 1 atom stereocenters. The number of carbonyl (C=O) groups is 1. The van der Waals surface area contributed by atoms with Gasteiger partial charge in [0.1, 0.15) is 17.1 Å². The van der Waals surface area contributed by atoms with Crippen molar-refractivity contribution in [2.75, 3.05) is 13.2 Å². The zero-order valence-corrected chi connectivity index (χ0v) is 20.5. The van der Waals surface area contributed by atoms with E-state index in [2.05, 4.69) is 30.5 Å². The Morgan fingerprint density at radius 2 is 2.03 bits per heavy atom. The van der Waals surface area contributed by atoms with Gasteiger partial charge < -0.3 is 25.8 Å². The molecule has 7 nitrogen and oxygen atoms in total. The van der Waals surface area contributed by atoms with Crippen LogP contribution in [0.3, 0.4) is 0 Å². The van der Waals surface area contributed by atoms with Gasteiger partial charge in [0.25, 0.3) is 5.91 Å². The molecule has 1 heterocycles. The average molecular weight is 538 g/mol. The summed E-state index contributed by atoms with van der Waals surface area (Å²) in [7, 11) is 0. The molecular weight excluding hydrogens is 507 g/mol. The van der Waals surface area contributed by atoms with Crippen LogP contribution in [0.15, 0.2) is 53.5 Å². The number of fused-ring (bicyclic) bond motifs is 1. The van der Waals surface area contributed by atoms with Gasteiger partial charge in [-0.1, -0.05) is 30.3 Å². The third-order valence-electron chi connectivity index (χ3n) is 4.73. The van der Waals surface area contributed by atoms with E-state index in [0.717, 1.165) is 35.8 Å². The molecule has 0 fully saturated rings. The average Bonchev–Trinajstić information content (AvgIpc) is 2.70. The molecule has 3 rings (SSSR count). The number of nitrogens with two attached hydrogens (primary N) is 1. The number of benzene rings is 2. The van der Waals surface area contributed by atoms with Gasteiger partial charge >= 0.3 is 0 Å². The molecule has 0 spiro atoms. The predicted molar refractivity (Wildman–Crippen MR) is 133 cm³/mol. The SMILES string of the molecule is CCNC(=NCc1cccc(OCC(N)=O)c1)NC1CC(C)(C)Oc2ccccc21.I. The van der Waals surface area contributed by atoms with E-state index in [0.29, 0.717) is 12.3 Å². The first-order chi connectivity index (χ1) is 14.4. The summed E-state index contributed by atoms with van der Waals surface area (Å²) in [6.45, 7) is 7.31. The van der Waals surface area contributed by atoms with E-state index in [4.69, 9.17) is 20.2 Å². The summed E-state index contributed by atoms with van der Waals surface area (Å²) in [4.78, 5) is 15.7. The number of aliphatic imine (C=N–C) groups is 1. The Morgan fingerprint density at radius 1 is 1.26 bits per heavy atom. The molecule has 8 heteroatoms. The number of hydrogen-bond donors (Lipinski definition) is 3. The van der Waals surface area contributed by atoms with Crippen molar-refractivity contribution in [3.8, 4) is 11.5 Å². The maximum absolute atomic E-state index is 10.9. The summed E-state index contributed by atoms with van der Waals surface area (Å²) in [6, 6.07) is 15.7. The van der Waals surface area contributed by atoms with Gasteiger partial charge in [-0.3, -0.25) is 4.79 Å². The monoisotopic (exact) mass is 538 g/mol. The lowest BCUT2D eigenvalue weighted by Gasteiger charge is -2.38. The maximum atomic E-state index is 10.9. The van der Waals surface area contributed by atoms with E-state index in [1.54, 1.807) is 6.07 Å². The van der Waals surface area contributed by atoms with Crippen molar-refractivity contribution in [1.29, 1.82) is 0 Å². The highest BCUT2D eigenvalue weighted by Gasteiger charge is 2.33. The molecule has 0 radical (unpaired) electrons. The van der Waals surface area contributed by atoms with Gasteiger partial charge in [0.15, 0.2) is 12.6 Å². The molecule has 1 aliphatic rings. The summed E-state index contributed by atoms with van der Waals surface area (Å²) in [5.41, 5.74) is 6.98. The van der Waals surface area contributed by atoms with Gasteiger partial charge in [0.05, 0.1) is 12.6 Å². The van der Waals surface area contributed by atoms with Crippen LogP contribution in [-0.2, 0) is 11.3 Å². The zero-order chi connectivity index (χ0) is 21.6. The van der Waals surface area contributed by atoms with Gasteiger partial charge in [-0.2, -0.15) is 0 Å². The maximum Gasteiger partial charge on any atom is 0.255 e. The second-order valence-electron chi connectivity index (χ2n) is 7.90. The highest BCUT2D eigenvalue weighted by molar-refractivity contribution is 14.0. The van der Waals surface area contributed by atoms with Crippen LogP contribution in [0, 0.1) is 0 Å². The van der Waals surface area contributed by atoms with Crippen molar-refractivity contribution in [2.24, 2.45) is 10.7 Å². The van der Waals surface area contributed by atoms with Crippen LogP contribution in [0.2, 0.25) is 0 Å². The molecule has 0 saturated heterocycles. The van der Waals surface area contributed by atoms with Crippen LogP contribution < -0.4 is 25.8 Å². The van der Waals surface area contributed by atoms with Gasteiger partial charge in [-0.05, 0) is 44.5 Å². The van der Waals surface area contributed by atoms with Crippen LogP contribution in [0.25, 0.3) is 0 Å². The van der Waals surface area contributed by atoms with E-state index in [9.17, 15) is 4.79 Å². The van der Waals surface area contributed by atoms with Crippen LogP contribution in [-0.4, -0.2) is 30.6 Å². The molecule has 2 aromatic rings. The molecule has 1 unspecified atom stereocenters. The van der Waals surface area contributed by atoms with Gasteiger partial charge in [0.2, 0.25) is 0 Å². The predicted octanol–water partition coefficient (Wildman–Crippen LogP) is 3.53. The quantitative estimate of drug-likeness (QED) is 0.285. The first-order valence-electron chi connectivity index (χ1n) is 10.2. The molecule has 0 saturated carbocycles. The largest absolute Gasteiger partial charge is 0.487 e. The Hall–Kier alpha value is -2.49. The minimum atomic E-state index is -0.503. The number of nitrogens with one attached hydrogen (secondary N) is 2. The molecule has 0 aliphatic carbocycles. The van der Waals surface area contributed by atoms with E-state index in [1.165, 1.54) is 0 Å². The van der Waals surface area contributed by atoms with E-state index < -0.39 is 5.91 Å². The summed E-state index contributed by atoms with van der Waals surface area (Å²) in [5.74, 6) is 1.73. The third-order valence-corrected chi connectivity index (χ3v) is 4.73. The smallest absolute Gasteiger partial charge is 0.255 e. The van der Waals surface area contributed by atoms with E-state index in [1.807, 2.05) is 43.3 Å². The molecule has 1 amide bonds. The fraction of sp³-hybridized carbons (Fsp3) is 0.391. The molecular formula is C23H31IN4O3. The number of carbonyl (C=O) groups excluding carboxylic acids is 1. The van der Waals surface area contributed by atoms with Crippen LogP contribution in [0.4, 0.5) is 0 Å². The van der Waals surface area contributed by atoms with Crippen molar-refractivity contribution < 1.29 is 14.3 Å². The first-order valence-corrected chi connectivity index (χ1v) is 10.2. The number of para-hydroxylation sites is 1. The summed E-state index contributed by atoms with van der Waals surface area (Å²) in [6.07, 6.45) is 0.824. The summed E-state index contributed by atoms with van der Waals surface area (Å²) < 4.78 is 11.5. The van der Waals surface area contributed by atoms with Gasteiger partial charge in [0, 0.05) is 18.5 Å². The highest BCUT2D eigenvalue weighted by atomic mass is 127.